The maximum absolute atomic E-state index is 3.38. The number of hydrogen-bond acceptors (Lipinski definition) is 3. The molecule has 2 aliphatic heterocycles. The Bertz CT molecular complexity index is 534. The number of anilines is 1. The van der Waals surface area contributed by atoms with Crippen molar-refractivity contribution in [3.05, 3.63) is 29.6 Å². The summed E-state index contributed by atoms with van der Waals surface area (Å²) < 4.78 is 1.41. The van der Waals surface area contributed by atoms with Crippen molar-refractivity contribution in [1.82, 2.24) is 5.32 Å². The molecule has 1 N–H and O–H groups in total. The summed E-state index contributed by atoms with van der Waals surface area (Å²) in [6.45, 7) is 4.89. The molecule has 0 bridgehead atoms. The number of thiophene rings is 1. The van der Waals surface area contributed by atoms with E-state index in [-0.39, 0.29) is 0 Å². The van der Waals surface area contributed by atoms with Crippen LogP contribution in [0.5, 0.6) is 0 Å². The second-order valence-electron chi connectivity index (χ2n) is 5.07. The van der Waals surface area contributed by atoms with Crippen LogP contribution in [0.4, 0.5) is 5.69 Å². The molecule has 0 aliphatic carbocycles. The Morgan fingerprint density at radius 2 is 2.06 bits per heavy atom. The molecule has 0 saturated carbocycles. The SMILES string of the molecule is c1cc(N2CC3(CNC3)C2)c2ccsc2c1. The molecule has 0 radical (unpaired) electrons. The van der Waals surface area contributed by atoms with Gasteiger partial charge in [0.1, 0.15) is 0 Å². The monoisotopic (exact) mass is 230 g/mol. The molecule has 2 saturated heterocycles. The molecule has 1 aromatic carbocycles. The fourth-order valence-electron chi connectivity index (χ4n) is 2.89. The zero-order valence-corrected chi connectivity index (χ0v) is 9.89. The number of nitrogens with zero attached hydrogens (tertiary/aromatic N) is 1. The van der Waals surface area contributed by atoms with Crippen LogP contribution in [0.2, 0.25) is 0 Å². The van der Waals surface area contributed by atoms with Gasteiger partial charge in [-0.2, -0.15) is 0 Å². The van der Waals surface area contributed by atoms with E-state index in [1.54, 1.807) is 0 Å². The Labute approximate surface area is 98.9 Å². The van der Waals surface area contributed by atoms with E-state index in [4.69, 9.17) is 0 Å². The van der Waals surface area contributed by atoms with E-state index in [9.17, 15) is 0 Å². The third-order valence-electron chi connectivity index (χ3n) is 3.87. The van der Waals surface area contributed by atoms with Crippen LogP contribution in [0.1, 0.15) is 0 Å². The highest BCUT2D eigenvalue weighted by molar-refractivity contribution is 7.17. The molecule has 0 unspecified atom stereocenters. The Kier molecular flexibility index (Phi) is 1.69. The summed E-state index contributed by atoms with van der Waals surface area (Å²) in [6.07, 6.45) is 0. The quantitative estimate of drug-likeness (QED) is 0.808. The van der Waals surface area contributed by atoms with E-state index in [2.05, 4.69) is 39.9 Å². The summed E-state index contributed by atoms with van der Waals surface area (Å²) in [5.41, 5.74) is 2.04. The minimum atomic E-state index is 0.609. The lowest BCUT2D eigenvalue weighted by molar-refractivity contribution is 0.121. The molecule has 3 heteroatoms. The Morgan fingerprint density at radius 3 is 2.81 bits per heavy atom. The van der Waals surface area contributed by atoms with E-state index in [0.717, 1.165) is 0 Å². The summed E-state index contributed by atoms with van der Waals surface area (Å²) in [4.78, 5) is 2.52. The van der Waals surface area contributed by atoms with Gasteiger partial charge in [0.15, 0.2) is 0 Å². The molecule has 1 aromatic heterocycles. The lowest BCUT2D eigenvalue weighted by Gasteiger charge is -2.57. The van der Waals surface area contributed by atoms with Gasteiger partial charge in [-0.3, -0.25) is 0 Å². The molecule has 0 amide bonds. The van der Waals surface area contributed by atoms with E-state index < -0.39 is 0 Å². The predicted molar refractivity (Wildman–Crippen MR) is 69.3 cm³/mol. The van der Waals surface area contributed by atoms with Crippen LogP contribution in [-0.4, -0.2) is 26.2 Å². The van der Waals surface area contributed by atoms with Crippen LogP contribution in [0, 0.1) is 5.41 Å². The van der Waals surface area contributed by atoms with Crippen LogP contribution < -0.4 is 10.2 Å². The van der Waals surface area contributed by atoms with Gasteiger partial charge in [0.25, 0.3) is 0 Å². The third kappa shape index (κ3) is 1.10. The second-order valence-corrected chi connectivity index (χ2v) is 6.02. The van der Waals surface area contributed by atoms with Gasteiger partial charge >= 0.3 is 0 Å². The number of hydrogen-bond donors (Lipinski definition) is 1. The summed E-state index contributed by atoms with van der Waals surface area (Å²) in [5.74, 6) is 0. The van der Waals surface area contributed by atoms with Crippen LogP contribution in [0.25, 0.3) is 10.1 Å². The lowest BCUT2D eigenvalue weighted by Crippen LogP contribution is -2.71. The largest absolute Gasteiger partial charge is 0.370 e. The van der Waals surface area contributed by atoms with Crippen LogP contribution in [0.15, 0.2) is 29.6 Å². The Morgan fingerprint density at radius 1 is 1.19 bits per heavy atom. The molecule has 3 heterocycles. The average Bonchev–Trinajstić information content (AvgIpc) is 2.61. The lowest BCUT2D eigenvalue weighted by atomic mass is 9.74. The van der Waals surface area contributed by atoms with Crippen molar-refractivity contribution in [2.75, 3.05) is 31.1 Å². The molecule has 2 fully saturated rings. The zero-order valence-electron chi connectivity index (χ0n) is 9.07. The molecular weight excluding hydrogens is 216 g/mol. The highest BCUT2D eigenvalue weighted by Crippen LogP contribution is 2.40. The van der Waals surface area contributed by atoms with E-state index in [1.165, 1.54) is 42.0 Å². The average molecular weight is 230 g/mol. The first-order valence-electron chi connectivity index (χ1n) is 5.78. The minimum absolute atomic E-state index is 0.609. The van der Waals surface area contributed by atoms with Gasteiger partial charge in [-0.05, 0) is 23.6 Å². The Hall–Kier alpha value is -1.06. The molecule has 2 aromatic rings. The van der Waals surface area contributed by atoms with Gasteiger partial charge in [0.2, 0.25) is 0 Å². The molecule has 1 spiro atoms. The smallest absolute Gasteiger partial charge is 0.0454 e. The molecule has 2 nitrogen and oxygen atoms in total. The fraction of sp³-hybridized carbons (Fsp3) is 0.385. The van der Waals surface area contributed by atoms with Crippen molar-refractivity contribution >= 4 is 27.1 Å². The summed E-state index contributed by atoms with van der Waals surface area (Å²) in [5, 5.41) is 7.00. The molecular formula is C13H14N2S. The van der Waals surface area contributed by atoms with E-state index >= 15 is 0 Å². The fourth-order valence-corrected chi connectivity index (χ4v) is 3.70. The number of benzene rings is 1. The normalized spacial score (nSPS) is 22.1. The number of rotatable bonds is 1. The van der Waals surface area contributed by atoms with Gasteiger partial charge < -0.3 is 10.2 Å². The van der Waals surface area contributed by atoms with Crippen molar-refractivity contribution in [2.45, 2.75) is 0 Å². The highest BCUT2D eigenvalue weighted by atomic mass is 32.1. The topological polar surface area (TPSA) is 15.3 Å². The van der Waals surface area contributed by atoms with Crippen molar-refractivity contribution < 1.29 is 0 Å². The Balaban J connectivity index is 1.70. The summed E-state index contributed by atoms with van der Waals surface area (Å²) >= 11 is 1.83. The van der Waals surface area contributed by atoms with Crippen molar-refractivity contribution in [3.63, 3.8) is 0 Å². The highest BCUT2D eigenvalue weighted by Gasteiger charge is 2.47. The second kappa shape index (κ2) is 2.99. The van der Waals surface area contributed by atoms with Gasteiger partial charge in [0, 0.05) is 47.4 Å². The predicted octanol–water partition coefficient (Wildman–Crippen LogP) is 2.31. The van der Waals surface area contributed by atoms with Crippen LogP contribution in [-0.2, 0) is 0 Å². The molecule has 16 heavy (non-hydrogen) atoms. The van der Waals surface area contributed by atoms with E-state index in [0.29, 0.717) is 5.41 Å². The molecule has 4 rings (SSSR count). The molecule has 2 aliphatic rings. The molecule has 82 valence electrons. The van der Waals surface area contributed by atoms with Gasteiger partial charge in [0.05, 0.1) is 0 Å². The van der Waals surface area contributed by atoms with Crippen molar-refractivity contribution in [2.24, 2.45) is 5.41 Å². The summed E-state index contributed by atoms with van der Waals surface area (Å²) in [7, 11) is 0. The van der Waals surface area contributed by atoms with Crippen LogP contribution >= 0.6 is 11.3 Å². The zero-order chi connectivity index (χ0) is 10.6. The first-order valence-corrected chi connectivity index (χ1v) is 6.66. The number of nitrogens with one attached hydrogen (secondary N) is 1. The van der Waals surface area contributed by atoms with Crippen LogP contribution in [0.3, 0.4) is 0 Å². The minimum Gasteiger partial charge on any atom is -0.370 e. The number of fused-ring (bicyclic) bond motifs is 1. The first-order chi connectivity index (χ1) is 7.86. The maximum Gasteiger partial charge on any atom is 0.0454 e. The van der Waals surface area contributed by atoms with Crippen molar-refractivity contribution in [1.29, 1.82) is 0 Å². The van der Waals surface area contributed by atoms with Crippen molar-refractivity contribution in [3.8, 4) is 0 Å². The molecule has 0 atom stereocenters. The van der Waals surface area contributed by atoms with Gasteiger partial charge in [-0.1, -0.05) is 6.07 Å². The van der Waals surface area contributed by atoms with Gasteiger partial charge in [-0.15, -0.1) is 11.3 Å². The standard InChI is InChI=1S/C13H14N2S/c1-2-11(10-4-5-16-12(10)3-1)15-8-13(9-15)6-14-7-13/h1-5,14H,6-9H2. The summed E-state index contributed by atoms with van der Waals surface area (Å²) in [6, 6.07) is 8.90. The van der Waals surface area contributed by atoms with E-state index in [1.807, 2.05) is 11.3 Å². The maximum atomic E-state index is 3.38. The first kappa shape index (κ1) is 9.02. The van der Waals surface area contributed by atoms with Gasteiger partial charge in [-0.25, -0.2) is 0 Å². The third-order valence-corrected chi connectivity index (χ3v) is 4.75.